The van der Waals surface area contributed by atoms with Gasteiger partial charge in [-0.25, -0.2) is 13.1 Å². The van der Waals surface area contributed by atoms with E-state index in [-0.39, 0.29) is 22.0 Å². The van der Waals surface area contributed by atoms with Crippen molar-refractivity contribution in [1.82, 2.24) is 4.72 Å². The zero-order valence-electron chi connectivity index (χ0n) is 13.9. The van der Waals surface area contributed by atoms with Crippen LogP contribution < -0.4 is 14.7 Å². The number of anilines is 1. The van der Waals surface area contributed by atoms with Crippen molar-refractivity contribution in [3.63, 3.8) is 0 Å². The Morgan fingerprint density at radius 1 is 1.27 bits per heavy atom. The van der Waals surface area contributed by atoms with E-state index >= 15 is 0 Å². The van der Waals surface area contributed by atoms with Crippen LogP contribution in [0.1, 0.15) is 35.4 Å². The Morgan fingerprint density at radius 2 is 2.00 bits per heavy atom. The molecule has 0 radical (unpaired) electrons. The highest BCUT2D eigenvalue weighted by Gasteiger charge is 2.23. The third kappa shape index (κ3) is 4.03. The second-order valence-corrected chi connectivity index (χ2v) is 8.18. The molecule has 3 rings (SSSR count). The number of furan rings is 1. The Hall–Kier alpha value is -2.03. The Morgan fingerprint density at radius 3 is 2.62 bits per heavy atom. The second-order valence-electron chi connectivity index (χ2n) is 6.04. The molecule has 0 amide bonds. The predicted molar refractivity (Wildman–Crippen MR) is 94.6 cm³/mol. The van der Waals surface area contributed by atoms with Gasteiger partial charge in [0.05, 0.1) is 23.8 Å². The molecule has 2 aromatic rings. The first-order valence-corrected chi connectivity index (χ1v) is 10.1. The maximum atomic E-state index is 12.5. The van der Waals surface area contributed by atoms with Gasteiger partial charge >= 0.3 is 0 Å². The summed E-state index contributed by atoms with van der Waals surface area (Å²) in [4.78, 5) is 13.2. The predicted octanol–water partition coefficient (Wildman–Crippen LogP) is 1.77. The molecule has 1 fully saturated rings. The lowest BCUT2D eigenvalue weighted by Crippen LogP contribution is -2.33. The minimum absolute atomic E-state index is 0.0393. The van der Waals surface area contributed by atoms with Gasteiger partial charge in [0.2, 0.25) is 10.0 Å². The van der Waals surface area contributed by atoms with Gasteiger partial charge in [0.1, 0.15) is 10.7 Å². The Bertz CT molecular complexity index is 890. The van der Waals surface area contributed by atoms with Crippen LogP contribution in [0.5, 0.6) is 0 Å². The van der Waals surface area contributed by atoms with E-state index in [1.54, 1.807) is 12.1 Å². The van der Waals surface area contributed by atoms with Crippen LogP contribution in [0.2, 0.25) is 5.02 Å². The van der Waals surface area contributed by atoms with Gasteiger partial charge in [0, 0.05) is 24.3 Å². The van der Waals surface area contributed by atoms with Crippen molar-refractivity contribution in [2.75, 3.05) is 18.0 Å². The summed E-state index contributed by atoms with van der Waals surface area (Å²) in [5.41, 5.74) is 0.203. The third-order valence-electron chi connectivity index (χ3n) is 4.27. The minimum Gasteiger partial charge on any atom is -0.545 e. The number of nitrogens with one attached hydrogen (secondary N) is 1. The molecule has 0 saturated carbocycles. The number of carbonyl (C=O) groups is 1. The first-order chi connectivity index (χ1) is 12.4. The van der Waals surface area contributed by atoms with Crippen LogP contribution in [-0.2, 0) is 16.6 Å². The molecule has 9 heteroatoms. The van der Waals surface area contributed by atoms with E-state index in [4.69, 9.17) is 16.0 Å². The molecule has 0 bridgehead atoms. The molecular formula is C17H18ClN2O5S-. The van der Waals surface area contributed by atoms with Gasteiger partial charge in [-0.2, -0.15) is 0 Å². The van der Waals surface area contributed by atoms with E-state index in [0.717, 1.165) is 25.3 Å². The number of hydrogen-bond donors (Lipinski definition) is 1. The smallest absolute Gasteiger partial charge is 0.242 e. The summed E-state index contributed by atoms with van der Waals surface area (Å²) in [7, 11) is -4.02. The molecule has 140 valence electrons. The average Bonchev–Trinajstić information content (AvgIpc) is 3.14. The third-order valence-corrected chi connectivity index (χ3v) is 6.14. The number of aromatic carboxylic acids is 1. The molecule has 1 aromatic carbocycles. The molecule has 1 aliphatic rings. The van der Waals surface area contributed by atoms with E-state index in [9.17, 15) is 18.3 Å². The summed E-state index contributed by atoms with van der Waals surface area (Å²) >= 11 is 6.19. The molecule has 1 N–H and O–H groups in total. The molecule has 0 spiro atoms. The van der Waals surface area contributed by atoms with Crippen LogP contribution in [0.4, 0.5) is 5.69 Å². The lowest BCUT2D eigenvalue weighted by Gasteiger charge is -2.31. The highest BCUT2D eigenvalue weighted by molar-refractivity contribution is 7.89. The van der Waals surface area contributed by atoms with Gasteiger partial charge in [-0.3, -0.25) is 0 Å². The van der Waals surface area contributed by atoms with Crippen molar-refractivity contribution >= 4 is 33.3 Å². The summed E-state index contributed by atoms with van der Waals surface area (Å²) in [5.74, 6) is -1.01. The van der Waals surface area contributed by atoms with Gasteiger partial charge in [0.15, 0.2) is 0 Å². The van der Waals surface area contributed by atoms with Crippen LogP contribution in [0.3, 0.4) is 0 Å². The molecule has 1 saturated heterocycles. The van der Waals surface area contributed by atoms with Gasteiger partial charge in [-0.05, 0) is 43.5 Å². The summed E-state index contributed by atoms with van der Waals surface area (Å²) < 4.78 is 32.5. The number of carboxylic acid groups (broad SMARTS) is 1. The van der Waals surface area contributed by atoms with Crippen molar-refractivity contribution in [3.05, 3.63) is 46.9 Å². The molecule has 26 heavy (non-hydrogen) atoms. The molecule has 2 heterocycles. The highest BCUT2D eigenvalue weighted by atomic mass is 35.5. The van der Waals surface area contributed by atoms with E-state index in [0.29, 0.717) is 24.5 Å². The number of benzene rings is 1. The van der Waals surface area contributed by atoms with Crippen molar-refractivity contribution in [1.29, 1.82) is 0 Å². The van der Waals surface area contributed by atoms with Crippen molar-refractivity contribution in [3.8, 4) is 0 Å². The summed E-state index contributed by atoms with van der Waals surface area (Å²) in [6, 6.07) is 5.71. The number of nitrogens with zero attached hydrogens (tertiary/aromatic N) is 1. The maximum Gasteiger partial charge on any atom is 0.242 e. The summed E-state index contributed by atoms with van der Waals surface area (Å²) in [6.45, 7) is 1.32. The SMILES string of the molecule is O=C([O-])c1cc(S(=O)(=O)NCc2ccco2)c(Cl)cc1N1CCCCC1. The van der Waals surface area contributed by atoms with E-state index < -0.39 is 16.0 Å². The van der Waals surface area contributed by atoms with E-state index in [1.807, 2.05) is 4.90 Å². The van der Waals surface area contributed by atoms with Crippen LogP contribution in [0.15, 0.2) is 39.8 Å². The lowest BCUT2D eigenvalue weighted by molar-refractivity contribution is -0.254. The topological polar surface area (TPSA) is 103 Å². The summed E-state index contributed by atoms with van der Waals surface area (Å²) in [5, 5.41) is 11.5. The molecule has 0 atom stereocenters. The van der Waals surface area contributed by atoms with Crippen molar-refractivity contribution < 1.29 is 22.7 Å². The highest BCUT2D eigenvalue weighted by Crippen LogP contribution is 2.32. The number of halogens is 1. The number of hydrogen-bond acceptors (Lipinski definition) is 6. The largest absolute Gasteiger partial charge is 0.545 e. The van der Waals surface area contributed by atoms with Gasteiger partial charge in [-0.1, -0.05) is 11.6 Å². The number of carboxylic acids is 1. The fourth-order valence-corrected chi connectivity index (χ4v) is 4.50. The normalized spacial score (nSPS) is 15.2. The van der Waals surface area contributed by atoms with E-state index in [1.165, 1.54) is 12.3 Å². The van der Waals surface area contributed by atoms with Crippen LogP contribution >= 0.6 is 11.6 Å². The molecule has 7 nitrogen and oxygen atoms in total. The van der Waals surface area contributed by atoms with Crippen molar-refractivity contribution in [2.45, 2.75) is 30.7 Å². The first kappa shape index (κ1) is 18.8. The summed E-state index contributed by atoms with van der Waals surface area (Å²) in [6.07, 6.45) is 4.38. The Labute approximate surface area is 156 Å². The first-order valence-electron chi connectivity index (χ1n) is 8.20. The van der Waals surface area contributed by atoms with Crippen LogP contribution in [-0.4, -0.2) is 27.5 Å². The number of carbonyl (C=O) groups excluding carboxylic acids is 1. The second kappa shape index (κ2) is 7.69. The molecule has 1 aliphatic heterocycles. The van der Waals surface area contributed by atoms with Gasteiger partial charge < -0.3 is 19.2 Å². The molecular weight excluding hydrogens is 380 g/mol. The maximum absolute atomic E-state index is 12.5. The number of rotatable bonds is 6. The van der Waals surface area contributed by atoms with E-state index in [2.05, 4.69) is 4.72 Å². The fourth-order valence-electron chi connectivity index (χ4n) is 2.97. The zero-order valence-corrected chi connectivity index (χ0v) is 15.5. The Kier molecular flexibility index (Phi) is 5.55. The average molecular weight is 398 g/mol. The van der Waals surface area contributed by atoms with Gasteiger partial charge in [0.25, 0.3) is 0 Å². The molecule has 0 unspecified atom stereocenters. The molecule has 1 aromatic heterocycles. The lowest BCUT2D eigenvalue weighted by atomic mass is 10.1. The van der Waals surface area contributed by atoms with Crippen molar-refractivity contribution in [2.24, 2.45) is 0 Å². The standard InChI is InChI=1S/C17H19ClN2O5S/c18-14-10-15(20-6-2-1-3-7-20)13(17(21)22)9-16(14)26(23,24)19-11-12-5-4-8-25-12/h4-5,8-10,19H,1-3,6-7,11H2,(H,21,22)/p-1. The molecule has 0 aliphatic carbocycles. The van der Waals surface area contributed by atoms with Crippen LogP contribution in [0.25, 0.3) is 0 Å². The van der Waals surface area contributed by atoms with Crippen LogP contribution in [0, 0.1) is 0 Å². The number of piperidine rings is 1. The zero-order chi connectivity index (χ0) is 18.7. The fraction of sp³-hybridized carbons (Fsp3) is 0.353. The monoisotopic (exact) mass is 397 g/mol. The Balaban J connectivity index is 1.94. The van der Waals surface area contributed by atoms with Gasteiger partial charge in [-0.15, -0.1) is 0 Å². The quantitative estimate of drug-likeness (QED) is 0.796. The minimum atomic E-state index is -4.02. The number of sulfonamides is 1.